The highest BCUT2D eigenvalue weighted by atomic mass is 19.4. The topological polar surface area (TPSA) is 68.3 Å². The van der Waals surface area contributed by atoms with E-state index in [1.54, 1.807) is 21.2 Å². The van der Waals surface area contributed by atoms with Gasteiger partial charge in [-0.1, -0.05) is 0 Å². The van der Waals surface area contributed by atoms with Crippen LogP contribution < -0.4 is 14.2 Å². The Kier molecular flexibility index (Phi) is 7.33. The Morgan fingerprint density at radius 3 is 2.22 bits per heavy atom. The quantitative estimate of drug-likeness (QED) is 0.574. The first-order valence-electron chi connectivity index (χ1n) is 11.8. The van der Waals surface area contributed by atoms with Gasteiger partial charge in [-0.25, -0.2) is 0 Å². The summed E-state index contributed by atoms with van der Waals surface area (Å²) in [4.78, 5) is 29.4. The molecule has 0 aromatic heterocycles. The van der Waals surface area contributed by atoms with E-state index in [1.165, 1.54) is 21.9 Å². The number of nitrogens with zero attached hydrogens (tertiary/aromatic N) is 2. The Bertz CT molecular complexity index is 1110. The molecular formula is C26H29F3N2O5. The van der Waals surface area contributed by atoms with Crippen LogP contribution in [0.15, 0.2) is 36.4 Å². The molecule has 1 fully saturated rings. The minimum absolute atomic E-state index is 0.110. The predicted molar refractivity (Wildman–Crippen MR) is 125 cm³/mol. The normalized spacial score (nSPS) is 17.9. The molecule has 0 radical (unpaired) electrons. The maximum atomic E-state index is 13.5. The molecule has 1 atom stereocenters. The van der Waals surface area contributed by atoms with Gasteiger partial charge < -0.3 is 24.0 Å². The Morgan fingerprint density at radius 2 is 1.64 bits per heavy atom. The first kappa shape index (κ1) is 25.7. The molecule has 0 spiro atoms. The Morgan fingerprint density at radius 1 is 1.00 bits per heavy atom. The number of fused-ring (bicyclic) bond motifs is 1. The third-order valence-electron chi connectivity index (χ3n) is 6.53. The third-order valence-corrected chi connectivity index (χ3v) is 6.53. The monoisotopic (exact) mass is 506 g/mol. The van der Waals surface area contributed by atoms with Crippen LogP contribution in [0.3, 0.4) is 0 Å². The maximum absolute atomic E-state index is 13.5. The number of hydrogen-bond donors (Lipinski definition) is 0. The van der Waals surface area contributed by atoms with Crippen LogP contribution in [0.1, 0.15) is 47.2 Å². The molecule has 2 aromatic rings. The molecule has 1 aliphatic heterocycles. The van der Waals surface area contributed by atoms with Gasteiger partial charge in [-0.05, 0) is 73.2 Å². The molecule has 4 rings (SSSR count). The molecule has 2 aliphatic rings. The van der Waals surface area contributed by atoms with E-state index in [1.807, 2.05) is 12.1 Å². The lowest BCUT2D eigenvalue weighted by atomic mass is 9.91. The highest BCUT2D eigenvalue weighted by Crippen LogP contribution is 2.38. The van der Waals surface area contributed by atoms with Crippen LogP contribution in [0, 0.1) is 0 Å². The molecular weight excluding hydrogens is 477 g/mol. The van der Waals surface area contributed by atoms with Crippen LogP contribution >= 0.6 is 0 Å². The smallest absolute Gasteiger partial charge is 0.493 e. The van der Waals surface area contributed by atoms with E-state index < -0.39 is 24.1 Å². The lowest BCUT2D eigenvalue weighted by molar-refractivity contribution is -0.274. The molecule has 0 saturated heterocycles. The maximum Gasteiger partial charge on any atom is 0.573 e. The SMILES string of the molecule is COc1cc2c(cc1OC1CCCC1)CN(C(=O)c1ccc(OC(F)(F)F)cc1)C(C(=O)N(C)C)C2. The molecule has 10 heteroatoms. The van der Waals surface area contributed by atoms with E-state index in [0.717, 1.165) is 48.9 Å². The molecule has 7 nitrogen and oxygen atoms in total. The van der Waals surface area contributed by atoms with Crippen molar-refractivity contribution in [3.63, 3.8) is 0 Å². The summed E-state index contributed by atoms with van der Waals surface area (Å²) in [5.74, 6) is 0.0350. The van der Waals surface area contributed by atoms with Gasteiger partial charge in [0, 0.05) is 32.6 Å². The average Bonchev–Trinajstić information content (AvgIpc) is 3.34. The van der Waals surface area contributed by atoms with Crippen molar-refractivity contribution in [2.24, 2.45) is 0 Å². The number of benzene rings is 2. The molecule has 1 unspecified atom stereocenters. The van der Waals surface area contributed by atoms with E-state index in [9.17, 15) is 22.8 Å². The van der Waals surface area contributed by atoms with Crippen molar-refractivity contribution in [1.29, 1.82) is 0 Å². The van der Waals surface area contributed by atoms with Gasteiger partial charge in [0.15, 0.2) is 11.5 Å². The lowest BCUT2D eigenvalue weighted by Gasteiger charge is -2.37. The van der Waals surface area contributed by atoms with Crippen molar-refractivity contribution in [3.05, 3.63) is 53.1 Å². The van der Waals surface area contributed by atoms with Crippen molar-refractivity contribution in [1.82, 2.24) is 9.80 Å². The number of hydrogen-bond acceptors (Lipinski definition) is 5. The molecule has 36 heavy (non-hydrogen) atoms. The van der Waals surface area contributed by atoms with Crippen molar-refractivity contribution in [3.8, 4) is 17.2 Å². The van der Waals surface area contributed by atoms with Crippen molar-refractivity contribution in [2.75, 3.05) is 21.2 Å². The number of likely N-dealkylation sites (N-methyl/N-ethyl adjacent to an activating group) is 1. The van der Waals surface area contributed by atoms with Crippen LogP contribution in [-0.2, 0) is 17.8 Å². The highest BCUT2D eigenvalue weighted by Gasteiger charge is 2.37. The van der Waals surface area contributed by atoms with Gasteiger partial charge in [0.1, 0.15) is 11.8 Å². The summed E-state index contributed by atoms with van der Waals surface area (Å²) in [7, 11) is 4.79. The van der Waals surface area contributed by atoms with Crippen LogP contribution in [0.25, 0.3) is 0 Å². The fourth-order valence-corrected chi connectivity index (χ4v) is 4.73. The predicted octanol–water partition coefficient (Wildman–Crippen LogP) is 4.57. The molecule has 0 bridgehead atoms. The first-order valence-corrected chi connectivity index (χ1v) is 11.8. The van der Waals surface area contributed by atoms with E-state index in [4.69, 9.17) is 9.47 Å². The van der Waals surface area contributed by atoms with Gasteiger partial charge in [-0.15, -0.1) is 13.2 Å². The molecule has 1 aliphatic carbocycles. The largest absolute Gasteiger partial charge is 0.573 e. The first-order chi connectivity index (χ1) is 17.1. The molecule has 1 heterocycles. The molecule has 2 aromatic carbocycles. The zero-order valence-electron chi connectivity index (χ0n) is 20.4. The minimum Gasteiger partial charge on any atom is -0.493 e. The van der Waals surface area contributed by atoms with Crippen LogP contribution in [-0.4, -0.2) is 61.3 Å². The number of halogens is 3. The summed E-state index contributed by atoms with van der Waals surface area (Å²) >= 11 is 0. The molecule has 1 saturated carbocycles. The zero-order chi connectivity index (χ0) is 26.0. The van der Waals surface area contributed by atoms with E-state index in [-0.39, 0.29) is 30.5 Å². The van der Waals surface area contributed by atoms with Crippen LogP contribution in [0.4, 0.5) is 13.2 Å². The number of carbonyl (C=O) groups excluding carboxylic acids is 2. The van der Waals surface area contributed by atoms with Crippen molar-refractivity contribution in [2.45, 2.75) is 57.2 Å². The second-order valence-corrected chi connectivity index (χ2v) is 9.25. The van der Waals surface area contributed by atoms with E-state index >= 15 is 0 Å². The number of ether oxygens (including phenoxy) is 3. The third kappa shape index (κ3) is 5.68. The fourth-order valence-electron chi connectivity index (χ4n) is 4.73. The van der Waals surface area contributed by atoms with Crippen molar-refractivity contribution < 1.29 is 37.0 Å². The number of rotatable bonds is 6. The second kappa shape index (κ2) is 10.3. The molecule has 194 valence electrons. The number of amides is 2. The summed E-state index contributed by atoms with van der Waals surface area (Å²) in [6, 6.07) is 7.64. The fraction of sp³-hybridized carbons (Fsp3) is 0.462. The van der Waals surface area contributed by atoms with Gasteiger partial charge >= 0.3 is 6.36 Å². The number of alkyl halides is 3. The van der Waals surface area contributed by atoms with Gasteiger partial charge in [-0.3, -0.25) is 9.59 Å². The van der Waals surface area contributed by atoms with Gasteiger partial charge in [0.25, 0.3) is 5.91 Å². The van der Waals surface area contributed by atoms with Gasteiger partial charge in [0.05, 0.1) is 13.2 Å². The Labute approximate surface area is 207 Å². The van der Waals surface area contributed by atoms with E-state index in [0.29, 0.717) is 11.5 Å². The summed E-state index contributed by atoms with van der Waals surface area (Å²) in [5, 5.41) is 0. The van der Waals surface area contributed by atoms with E-state index in [2.05, 4.69) is 4.74 Å². The summed E-state index contributed by atoms with van der Waals surface area (Å²) < 4.78 is 53.2. The van der Waals surface area contributed by atoms with Crippen LogP contribution in [0.2, 0.25) is 0 Å². The van der Waals surface area contributed by atoms with Gasteiger partial charge in [-0.2, -0.15) is 0 Å². The standard InChI is InChI=1S/C26H29F3N2O5/c1-30(2)25(33)21-12-17-13-22(34-3)23(35-19-6-4-5-7-19)14-18(17)15-31(21)24(32)16-8-10-20(11-9-16)36-26(27,28)29/h8-11,13-14,19,21H,4-7,12,15H2,1-3H3. The Hall–Kier alpha value is -3.43. The second-order valence-electron chi connectivity index (χ2n) is 9.25. The molecule has 0 N–H and O–H groups in total. The summed E-state index contributed by atoms with van der Waals surface area (Å²) in [6.07, 6.45) is -0.282. The summed E-state index contributed by atoms with van der Waals surface area (Å²) in [6.45, 7) is 0.143. The summed E-state index contributed by atoms with van der Waals surface area (Å²) in [5.41, 5.74) is 1.86. The van der Waals surface area contributed by atoms with Gasteiger partial charge in [0.2, 0.25) is 5.91 Å². The zero-order valence-corrected chi connectivity index (χ0v) is 20.4. The molecule has 2 amide bonds. The number of methoxy groups -OCH3 is 1. The lowest BCUT2D eigenvalue weighted by Crippen LogP contribution is -2.52. The average molecular weight is 507 g/mol. The highest BCUT2D eigenvalue weighted by molar-refractivity contribution is 5.98. The van der Waals surface area contributed by atoms with Crippen molar-refractivity contribution >= 4 is 11.8 Å². The van der Waals surface area contributed by atoms with Crippen LogP contribution in [0.5, 0.6) is 17.2 Å². The minimum atomic E-state index is -4.83. The Balaban J connectivity index is 1.64. The number of carbonyl (C=O) groups is 2.